The van der Waals surface area contributed by atoms with Crippen molar-refractivity contribution in [1.29, 1.82) is 0 Å². The van der Waals surface area contributed by atoms with Crippen LogP contribution in [0, 0.1) is 6.92 Å². The summed E-state index contributed by atoms with van der Waals surface area (Å²) >= 11 is 0. The SMILES string of the molecule is CCO[P@@](CC)CS(=O)c1ccc(NC(=O)c2nc(-c3ccc(C)cc3)cnc2N)cc1. The van der Waals surface area contributed by atoms with E-state index in [4.69, 9.17) is 10.3 Å². The minimum absolute atomic E-state index is 0.0555. The van der Waals surface area contributed by atoms with Gasteiger partial charge in [0, 0.05) is 30.9 Å². The molecule has 32 heavy (non-hydrogen) atoms. The van der Waals surface area contributed by atoms with Gasteiger partial charge in [0.25, 0.3) is 5.91 Å². The molecule has 0 saturated carbocycles. The van der Waals surface area contributed by atoms with E-state index in [1.807, 2.05) is 45.0 Å². The van der Waals surface area contributed by atoms with E-state index >= 15 is 0 Å². The van der Waals surface area contributed by atoms with Crippen molar-refractivity contribution in [3.63, 3.8) is 0 Å². The first-order valence-electron chi connectivity index (χ1n) is 10.3. The summed E-state index contributed by atoms with van der Waals surface area (Å²) in [5.41, 5.74) is 9.57. The van der Waals surface area contributed by atoms with E-state index in [1.165, 1.54) is 0 Å². The molecule has 1 amide bonds. The third-order valence-electron chi connectivity index (χ3n) is 4.66. The van der Waals surface area contributed by atoms with Crippen molar-refractivity contribution < 1.29 is 13.5 Å². The highest BCUT2D eigenvalue weighted by molar-refractivity contribution is 7.92. The summed E-state index contributed by atoms with van der Waals surface area (Å²) in [6.07, 6.45) is 2.42. The largest absolute Gasteiger partial charge is 0.382 e. The fourth-order valence-corrected chi connectivity index (χ4v) is 6.58. The van der Waals surface area contributed by atoms with Gasteiger partial charge in [-0.15, -0.1) is 0 Å². The standard InChI is InChI=1S/C23H27N4O3PS/c1-4-30-31(5-2)15-32(29)19-12-10-18(11-13-19)26-23(28)21-22(24)25-14-20(27-21)17-8-6-16(3)7-9-17/h6-14H,4-5,15H2,1-3H3,(H2,24,25)(H,26,28)/t31-,32?/m0/s1. The number of nitrogen functional groups attached to an aromatic ring is 1. The van der Waals surface area contributed by atoms with Crippen LogP contribution in [-0.2, 0) is 15.3 Å². The summed E-state index contributed by atoms with van der Waals surface area (Å²) in [7, 11) is -1.85. The molecule has 1 unspecified atom stereocenters. The summed E-state index contributed by atoms with van der Waals surface area (Å²) in [6, 6.07) is 14.7. The lowest BCUT2D eigenvalue weighted by atomic mass is 10.1. The molecule has 0 fully saturated rings. The Bertz CT molecular complexity index is 1090. The molecule has 0 radical (unpaired) electrons. The molecule has 3 N–H and O–H groups in total. The minimum Gasteiger partial charge on any atom is -0.382 e. The minimum atomic E-state index is -1.15. The normalized spacial score (nSPS) is 12.8. The Morgan fingerprint density at radius 2 is 1.81 bits per heavy atom. The Morgan fingerprint density at radius 3 is 2.44 bits per heavy atom. The second kappa shape index (κ2) is 11.3. The van der Waals surface area contributed by atoms with Gasteiger partial charge in [-0.1, -0.05) is 36.8 Å². The van der Waals surface area contributed by atoms with Gasteiger partial charge >= 0.3 is 0 Å². The second-order valence-corrected chi connectivity index (χ2v) is 11.1. The highest BCUT2D eigenvalue weighted by atomic mass is 32.2. The number of nitrogens with two attached hydrogens (primary N) is 1. The van der Waals surface area contributed by atoms with Crippen LogP contribution in [0.1, 0.15) is 29.9 Å². The Hall–Kier alpha value is -2.67. The predicted molar refractivity (Wildman–Crippen MR) is 131 cm³/mol. The van der Waals surface area contributed by atoms with Crippen LogP contribution in [-0.4, -0.2) is 38.3 Å². The number of hydrogen-bond acceptors (Lipinski definition) is 6. The van der Waals surface area contributed by atoms with Gasteiger partial charge in [-0.25, -0.2) is 9.97 Å². The van der Waals surface area contributed by atoms with E-state index in [-0.39, 0.29) is 11.5 Å². The molecule has 0 aliphatic carbocycles. The quantitative estimate of drug-likeness (QED) is 0.435. The first-order chi connectivity index (χ1) is 15.4. The molecule has 7 nitrogen and oxygen atoms in total. The highest BCUT2D eigenvalue weighted by Gasteiger charge is 2.16. The van der Waals surface area contributed by atoms with Crippen LogP contribution in [0.25, 0.3) is 11.3 Å². The molecule has 3 rings (SSSR count). The van der Waals surface area contributed by atoms with Crippen molar-refractivity contribution in [2.75, 3.05) is 29.3 Å². The molecular formula is C23H27N4O3PS. The summed E-state index contributed by atoms with van der Waals surface area (Å²) in [5.74, 6) is -0.399. The molecule has 9 heteroatoms. The van der Waals surface area contributed by atoms with Crippen molar-refractivity contribution in [2.45, 2.75) is 25.7 Å². The molecule has 0 spiro atoms. The maximum Gasteiger partial charge on any atom is 0.278 e. The van der Waals surface area contributed by atoms with Crippen molar-refractivity contribution in [2.24, 2.45) is 0 Å². The number of benzene rings is 2. The molecular weight excluding hydrogens is 443 g/mol. The lowest BCUT2D eigenvalue weighted by molar-refractivity contribution is 0.102. The summed E-state index contributed by atoms with van der Waals surface area (Å²) in [5, 5.41) is 2.78. The third kappa shape index (κ3) is 6.19. The van der Waals surface area contributed by atoms with Gasteiger partial charge < -0.3 is 15.6 Å². The first-order valence-corrected chi connectivity index (χ1v) is 13.2. The van der Waals surface area contributed by atoms with E-state index in [2.05, 4.69) is 15.3 Å². The van der Waals surface area contributed by atoms with Gasteiger partial charge in [0.05, 0.1) is 28.2 Å². The number of nitrogens with zero attached hydrogens (tertiary/aromatic N) is 2. The average Bonchev–Trinajstić information content (AvgIpc) is 2.80. The number of rotatable bonds is 9. The smallest absolute Gasteiger partial charge is 0.278 e. The second-order valence-electron chi connectivity index (χ2n) is 7.02. The molecule has 2 atom stereocenters. The van der Waals surface area contributed by atoms with Gasteiger partial charge in [-0.3, -0.25) is 9.00 Å². The zero-order valence-electron chi connectivity index (χ0n) is 18.4. The molecule has 168 valence electrons. The van der Waals surface area contributed by atoms with Crippen LogP contribution in [0.4, 0.5) is 11.5 Å². The fraction of sp³-hybridized carbons (Fsp3) is 0.261. The average molecular weight is 471 g/mol. The van der Waals surface area contributed by atoms with Crippen LogP contribution < -0.4 is 11.1 Å². The molecule has 0 bridgehead atoms. The number of carbonyl (C=O) groups is 1. The molecule has 1 heterocycles. The van der Waals surface area contributed by atoms with Crippen LogP contribution in [0.3, 0.4) is 0 Å². The molecule has 1 aromatic heterocycles. The third-order valence-corrected chi connectivity index (χ3v) is 8.88. The zero-order valence-corrected chi connectivity index (χ0v) is 20.1. The number of hydrogen-bond donors (Lipinski definition) is 2. The summed E-state index contributed by atoms with van der Waals surface area (Å²) in [6.45, 7) is 6.61. The van der Waals surface area contributed by atoms with Crippen molar-refractivity contribution in [1.82, 2.24) is 9.97 Å². The topological polar surface area (TPSA) is 107 Å². The van der Waals surface area contributed by atoms with Crippen molar-refractivity contribution >= 4 is 36.4 Å². The molecule has 2 aromatic carbocycles. The molecule has 0 aliphatic rings. The summed E-state index contributed by atoms with van der Waals surface area (Å²) < 4.78 is 18.3. The van der Waals surface area contributed by atoms with Crippen molar-refractivity contribution in [3.8, 4) is 11.3 Å². The van der Waals surface area contributed by atoms with Crippen LogP contribution in [0.15, 0.2) is 59.6 Å². The molecule has 0 saturated heterocycles. The summed E-state index contributed by atoms with van der Waals surface area (Å²) in [4.78, 5) is 22.0. The van der Waals surface area contributed by atoms with Crippen molar-refractivity contribution in [3.05, 3.63) is 66.0 Å². The Kier molecular flexibility index (Phi) is 8.45. The highest BCUT2D eigenvalue weighted by Crippen LogP contribution is 2.38. The predicted octanol–water partition coefficient (Wildman–Crippen LogP) is 4.80. The number of carbonyl (C=O) groups excluding carboxylic acids is 1. The monoisotopic (exact) mass is 470 g/mol. The Labute approximate surface area is 192 Å². The van der Waals surface area contributed by atoms with Gasteiger partial charge in [-0.2, -0.15) is 0 Å². The van der Waals surface area contributed by atoms with Crippen LogP contribution in [0.5, 0.6) is 0 Å². The lowest BCUT2D eigenvalue weighted by Gasteiger charge is -2.14. The number of aromatic nitrogens is 2. The van der Waals surface area contributed by atoms with E-state index in [9.17, 15) is 9.00 Å². The maximum absolute atomic E-state index is 12.8. The van der Waals surface area contributed by atoms with Gasteiger partial charge in [0.15, 0.2) is 11.5 Å². The first kappa shape index (κ1) is 24.0. The van der Waals surface area contributed by atoms with Crippen LogP contribution in [0.2, 0.25) is 0 Å². The lowest BCUT2D eigenvalue weighted by Crippen LogP contribution is -2.17. The molecule has 3 aromatic rings. The van der Waals surface area contributed by atoms with Crippen LogP contribution >= 0.6 is 8.15 Å². The Balaban J connectivity index is 1.71. The van der Waals surface area contributed by atoms with E-state index in [1.54, 1.807) is 30.5 Å². The number of amides is 1. The maximum atomic E-state index is 12.8. The number of nitrogens with one attached hydrogen (secondary N) is 1. The zero-order chi connectivity index (χ0) is 23.1. The number of anilines is 2. The van der Waals surface area contributed by atoms with Gasteiger partial charge in [-0.05, 0) is 44.3 Å². The Morgan fingerprint density at radius 1 is 1.12 bits per heavy atom. The van der Waals surface area contributed by atoms with Gasteiger partial charge in [0.2, 0.25) is 0 Å². The molecule has 0 aliphatic heterocycles. The van der Waals surface area contributed by atoms with E-state index in [0.717, 1.165) is 17.3 Å². The number of aryl methyl sites for hydroxylation is 1. The van der Waals surface area contributed by atoms with E-state index in [0.29, 0.717) is 28.4 Å². The van der Waals surface area contributed by atoms with E-state index < -0.39 is 24.9 Å². The fourth-order valence-electron chi connectivity index (χ4n) is 2.92. The van der Waals surface area contributed by atoms with Gasteiger partial charge in [0.1, 0.15) is 0 Å².